The summed E-state index contributed by atoms with van der Waals surface area (Å²) in [6, 6.07) is 9.00. The molecule has 0 unspecified atom stereocenters. The van der Waals surface area contributed by atoms with Crippen molar-refractivity contribution in [2.45, 2.75) is 13.8 Å². The van der Waals surface area contributed by atoms with Gasteiger partial charge in [-0.2, -0.15) is 0 Å². The predicted molar refractivity (Wildman–Crippen MR) is 83.6 cm³/mol. The van der Waals surface area contributed by atoms with Crippen LogP contribution < -0.4 is 16.6 Å². The number of carbonyl (C=O) groups excluding carboxylic acids is 1. The SMILES string of the molecule is Cc1cc(C(=O)Nc2cccc(C)c2Br)cc(NN)n1. The lowest BCUT2D eigenvalue weighted by molar-refractivity contribution is 0.102. The first kappa shape index (κ1) is 14.5. The van der Waals surface area contributed by atoms with E-state index >= 15 is 0 Å². The van der Waals surface area contributed by atoms with E-state index in [1.807, 2.05) is 25.1 Å². The molecule has 0 spiro atoms. The number of rotatable bonds is 3. The molecule has 2 rings (SSSR count). The third-order valence-corrected chi connectivity index (χ3v) is 3.86. The lowest BCUT2D eigenvalue weighted by Crippen LogP contribution is -2.15. The van der Waals surface area contributed by atoms with E-state index in [-0.39, 0.29) is 5.91 Å². The molecule has 4 N–H and O–H groups in total. The normalized spacial score (nSPS) is 10.2. The molecule has 0 atom stereocenters. The third-order valence-electron chi connectivity index (χ3n) is 2.80. The summed E-state index contributed by atoms with van der Waals surface area (Å²) in [4.78, 5) is 16.4. The van der Waals surface area contributed by atoms with Crippen LogP contribution in [-0.2, 0) is 0 Å². The highest BCUT2D eigenvalue weighted by Crippen LogP contribution is 2.26. The number of anilines is 2. The van der Waals surface area contributed by atoms with Crippen molar-refractivity contribution in [1.82, 2.24) is 4.98 Å². The average molecular weight is 335 g/mol. The standard InChI is InChI=1S/C14H15BrN4O/c1-8-4-3-5-11(13(8)15)18-14(20)10-6-9(2)17-12(7-10)19-16/h3-7H,16H2,1-2H3,(H,17,19)(H,18,20). The van der Waals surface area contributed by atoms with Gasteiger partial charge in [0.15, 0.2) is 0 Å². The fourth-order valence-electron chi connectivity index (χ4n) is 1.81. The van der Waals surface area contributed by atoms with E-state index in [1.165, 1.54) is 0 Å². The number of halogens is 1. The van der Waals surface area contributed by atoms with Crippen LogP contribution in [0.15, 0.2) is 34.8 Å². The van der Waals surface area contributed by atoms with Crippen LogP contribution in [0.2, 0.25) is 0 Å². The monoisotopic (exact) mass is 334 g/mol. The number of pyridine rings is 1. The number of nitrogens with zero attached hydrogens (tertiary/aromatic N) is 1. The Morgan fingerprint density at radius 1 is 1.30 bits per heavy atom. The van der Waals surface area contributed by atoms with Crippen LogP contribution in [0.4, 0.5) is 11.5 Å². The molecule has 0 aliphatic rings. The summed E-state index contributed by atoms with van der Waals surface area (Å²) in [5, 5.41) is 2.86. The Hall–Kier alpha value is -1.92. The number of aryl methyl sites for hydroxylation is 2. The Balaban J connectivity index is 2.28. The van der Waals surface area contributed by atoms with E-state index in [1.54, 1.807) is 19.1 Å². The molecule has 0 saturated heterocycles. The number of aromatic nitrogens is 1. The highest BCUT2D eigenvalue weighted by Gasteiger charge is 2.11. The molecule has 2 aromatic rings. The first-order valence-electron chi connectivity index (χ1n) is 6.03. The van der Waals surface area contributed by atoms with Gasteiger partial charge in [0.1, 0.15) is 5.82 Å². The summed E-state index contributed by atoms with van der Waals surface area (Å²) < 4.78 is 0.872. The zero-order valence-corrected chi connectivity index (χ0v) is 12.8. The second-order valence-electron chi connectivity index (χ2n) is 4.42. The fourth-order valence-corrected chi connectivity index (χ4v) is 2.18. The largest absolute Gasteiger partial charge is 0.321 e. The van der Waals surface area contributed by atoms with Crippen molar-refractivity contribution < 1.29 is 4.79 Å². The van der Waals surface area contributed by atoms with Crippen molar-refractivity contribution in [3.05, 3.63) is 51.6 Å². The molecule has 6 heteroatoms. The summed E-state index contributed by atoms with van der Waals surface area (Å²) >= 11 is 3.46. The topological polar surface area (TPSA) is 80.0 Å². The number of hydrogen-bond donors (Lipinski definition) is 3. The number of amides is 1. The van der Waals surface area contributed by atoms with Crippen LogP contribution in [0.5, 0.6) is 0 Å². The number of nitrogen functional groups attached to an aromatic ring is 1. The summed E-state index contributed by atoms with van der Waals surface area (Å²) in [7, 11) is 0. The van der Waals surface area contributed by atoms with E-state index in [2.05, 4.69) is 31.7 Å². The Morgan fingerprint density at radius 3 is 2.75 bits per heavy atom. The molecule has 5 nitrogen and oxygen atoms in total. The molecule has 1 heterocycles. The summed E-state index contributed by atoms with van der Waals surface area (Å²) in [5.41, 5.74) is 5.44. The second-order valence-corrected chi connectivity index (χ2v) is 5.21. The summed E-state index contributed by atoms with van der Waals surface area (Å²) in [6.45, 7) is 3.77. The maximum Gasteiger partial charge on any atom is 0.255 e. The number of hydrazine groups is 1. The van der Waals surface area contributed by atoms with E-state index in [9.17, 15) is 4.79 Å². The highest BCUT2D eigenvalue weighted by molar-refractivity contribution is 9.10. The van der Waals surface area contributed by atoms with Crippen molar-refractivity contribution in [2.75, 3.05) is 10.7 Å². The molecule has 0 saturated carbocycles. The minimum absolute atomic E-state index is 0.210. The number of carbonyl (C=O) groups is 1. The van der Waals surface area contributed by atoms with Crippen LogP contribution >= 0.6 is 15.9 Å². The van der Waals surface area contributed by atoms with Gasteiger partial charge in [-0.15, -0.1) is 0 Å². The maximum atomic E-state index is 12.3. The van der Waals surface area contributed by atoms with Crippen LogP contribution in [-0.4, -0.2) is 10.9 Å². The predicted octanol–water partition coefficient (Wildman–Crippen LogP) is 3.00. The van der Waals surface area contributed by atoms with Gasteiger partial charge in [-0.05, 0) is 53.5 Å². The van der Waals surface area contributed by atoms with Crippen LogP contribution in [0, 0.1) is 13.8 Å². The van der Waals surface area contributed by atoms with Gasteiger partial charge < -0.3 is 10.7 Å². The van der Waals surface area contributed by atoms with E-state index in [0.29, 0.717) is 17.1 Å². The van der Waals surface area contributed by atoms with Crippen LogP contribution in [0.1, 0.15) is 21.6 Å². The van der Waals surface area contributed by atoms with Gasteiger partial charge >= 0.3 is 0 Å². The fraction of sp³-hybridized carbons (Fsp3) is 0.143. The van der Waals surface area contributed by atoms with Gasteiger partial charge in [0.2, 0.25) is 0 Å². The molecule has 1 amide bonds. The second kappa shape index (κ2) is 6.02. The lowest BCUT2D eigenvalue weighted by Gasteiger charge is -2.10. The average Bonchev–Trinajstić information content (AvgIpc) is 2.43. The Bertz CT molecular complexity index is 658. The first-order valence-corrected chi connectivity index (χ1v) is 6.82. The van der Waals surface area contributed by atoms with Crippen LogP contribution in [0.25, 0.3) is 0 Å². The minimum Gasteiger partial charge on any atom is -0.321 e. The molecular weight excluding hydrogens is 320 g/mol. The maximum absolute atomic E-state index is 12.3. The zero-order valence-electron chi connectivity index (χ0n) is 11.2. The zero-order chi connectivity index (χ0) is 14.7. The first-order chi connectivity index (χ1) is 9.51. The van der Waals surface area contributed by atoms with Gasteiger partial charge in [-0.1, -0.05) is 12.1 Å². The summed E-state index contributed by atoms with van der Waals surface area (Å²) in [5.74, 6) is 5.58. The van der Waals surface area contributed by atoms with Gasteiger partial charge in [0.25, 0.3) is 5.91 Å². The Kier molecular flexibility index (Phi) is 4.36. The van der Waals surface area contributed by atoms with Gasteiger partial charge in [0, 0.05) is 15.7 Å². The van der Waals surface area contributed by atoms with Gasteiger partial charge in [-0.3, -0.25) is 4.79 Å². The number of nitrogens with two attached hydrogens (primary N) is 1. The van der Waals surface area contributed by atoms with Crippen molar-refractivity contribution in [1.29, 1.82) is 0 Å². The third kappa shape index (κ3) is 3.15. The van der Waals surface area contributed by atoms with Crippen molar-refractivity contribution >= 4 is 33.3 Å². The Morgan fingerprint density at radius 2 is 2.05 bits per heavy atom. The van der Waals surface area contributed by atoms with Gasteiger partial charge in [0.05, 0.1) is 5.69 Å². The van der Waals surface area contributed by atoms with Crippen molar-refractivity contribution in [3.8, 4) is 0 Å². The smallest absolute Gasteiger partial charge is 0.255 e. The van der Waals surface area contributed by atoms with E-state index in [4.69, 9.17) is 5.84 Å². The number of hydrogen-bond acceptors (Lipinski definition) is 4. The van der Waals surface area contributed by atoms with Crippen molar-refractivity contribution in [2.24, 2.45) is 5.84 Å². The molecule has 0 aliphatic heterocycles. The minimum atomic E-state index is -0.210. The van der Waals surface area contributed by atoms with E-state index in [0.717, 1.165) is 15.7 Å². The molecule has 1 aromatic carbocycles. The molecule has 0 aliphatic carbocycles. The lowest BCUT2D eigenvalue weighted by atomic mass is 10.2. The molecule has 0 bridgehead atoms. The number of benzene rings is 1. The number of nitrogens with one attached hydrogen (secondary N) is 2. The van der Waals surface area contributed by atoms with E-state index < -0.39 is 0 Å². The summed E-state index contributed by atoms with van der Waals surface area (Å²) in [6.07, 6.45) is 0. The molecule has 0 radical (unpaired) electrons. The Labute approximate surface area is 125 Å². The highest BCUT2D eigenvalue weighted by atomic mass is 79.9. The molecule has 0 fully saturated rings. The molecular formula is C14H15BrN4O. The molecule has 1 aromatic heterocycles. The van der Waals surface area contributed by atoms with Crippen molar-refractivity contribution in [3.63, 3.8) is 0 Å². The molecule has 104 valence electrons. The molecule has 20 heavy (non-hydrogen) atoms. The van der Waals surface area contributed by atoms with Gasteiger partial charge in [-0.25, -0.2) is 10.8 Å². The van der Waals surface area contributed by atoms with Crippen LogP contribution in [0.3, 0.4) is 0 Å². The quantitative estimate of drug-likeness (QED) is 0.595.